The van der Waals surface area contributed by atoms with Crippen LogP contribution in [-0.2, 0) is 9.53 Å². The first kappa shape index (κ1) is 14.8. The summed E-state index contributed by atoms with van der Waals surface area (Å²) in [7, 11) is 1.75. The summed E-state index contributed by atoms with van der Waals surface area (Å²) >= 11 is 0. The fraction of sp³-hybridized carbons (Fsp3) is 0.933. The van der Waals surface area contributed by atoms with E-state index in [2.05, 4.69) is 19.2 Å². The van der Waals surface area contributed by atoms with Crippen molar-refractivity contribution in [1.29, 1.82) is 0 Å². The Bertz CT molecular complexity index is 309. The average molecular weight is 268 g/mol. The maximum Gasteiger partial charge on any atom is 0.224 e. The summed E-state index contributed by atoms with van der Waals surface area (Å²) in [6, 6.07) is 0.363. The van der Waals surface area contributed by atoms with Gasteiger partial charge in [0.25, 0.3) is 0 Å². The molecule has 0 bridgehead atoms. The first-order valence-electron chi connectivity index (χ1n) is 7.65. The van der Waals surface area contributed by atoms with Crippen molar-refractivity contribution in [2.45, 2.75) is 51.7 Å². The highest BCUT2D eigenvalue weighted by atomic mass is 16.5. The van der Waals surface area contributed by atoms with Crippen molar-refractivity contribution in [3.63, 3.8) is 0 Å². The number of carbonyl (C=O) groups excluding carboxylic acids is 1. The second-order valence-corrected chi connectivity index (χ2v) is 6.26. The molecule has 1 amide bonds. The van der Waals surface area contributed by atoms with Crippen molar-refractivity contribution in [3.05, 3.63) is 0 Å². The first-order chi connectivity index (χ1) is 9.11. The normalized spacial score (nSPS) is 36.3. The number of amides is 1. The van der Waals surface area contributed by atoms with Crippen LogP contribution in [0.3, 0.4) is 0 Å². The van der Waals surface area contributed by atoms with Crippen LogP contribution in [-0.4, -0.2) is 49.7 Å². The highest BCUT2D eigenvalue weighted by Crippen LogP contribution is 2.22. The number of likely N-dealkylation sites (tertiary alicyclic amines) is 1. The molecule has 0 aromatic rings. The van der Waals surface area contributed by atoms with E-state index in [0.717, 1.165) is 26.1 Å². The van der Waals surface area contributed by atoms with Gasteiger partial charge in [-0.15, -0.1) is 0 Å². The minimum Gasteiger partial charge on any atom is -0.379 e. The maximum atomic E-state index is 12.4. The van der Waals surface area contributed by atoms with E-state index in [1.54, 1.807) is 7.11 Å². The number of nitrogens with zero attached hydrogens (tertiary/aromatic N) is 1. The van der Waals surface area contributed by atoms with E-state index in [0.29, 0.717) is 30.2 Å². The molecule has 2 saturated heterocycles. The van der Waals surface area contributed by atoms with Gasteiger partial charge < -0.3 is 15.0 Å². The molecule has 19 heavy (non-hydrogen) atoms. The van der Waals surface area contributed by atoms with Gasteiger partial charge in [0.05, 0.1) is 6.10 Å². The Morgan fingerprint density at radius 3 is 2.79 bits per heavy atom. The fourth-order valence-electron chi connectivity index (χ4n) is 3.27. The van der Waals surface area contributed by atoms with E-state index in [1.165, 1.54) is 12.8 Å². The van der Waals surface area contributed by atoms with Crippen molar-refractivity contribution in [2.24, 2.45) is 11.8 Å². The smallest absolute Gasteiger partial charge is 0.224 e. The van der Waals surface area contributed by atoms with Crippen LogP contribution in [0, 0.1) is 11.8 Å². The summed E-state index contributed by atoms with van der Waals surface area (Å²) < 4.78 is 5.49. The summed E-state index contributed by atoms with van der Waals surface area (Å²) in [6.45, 7) is 7.17. The molecule has 0 aromatic carbocycles. The maximum absolute atomic E-state index is 12.4. The highest BCUT2D eigenvalue weighted by Gasteiger charge is 2.31. The molecular weight excluding hydrogens is 240 g/mol. The van der Waals surface area contributed by atoms with Crippen molar-refractivity contribution < 1.29 is 9.53 Å². The van der Waals surface area contributed by atoms with E-state index < -0.39 is 0 Å². The minimum atomic E-state index is 0.203. The van der Waals surface area contributed by atoms with Gasteiger partial charge in [0.15, 0.2) is 0 Å². The van der Waals surface area contributed by atoms with Crippen LogP contribution >= 0.6 is 0 Å². The van der Waals surface area contributed by atoms with Crippen LogP contribution in [0.15, 0.2) is 0 Å². The zero-order valence-corrected chi connectivity index (χ0v) is 12.5. The molecule has 2 fully saturated rings. The van der Waals surface area contributed by atoms with Crippen molar-refractivity contribution in [3.8, 4) is 0 Å². The van der Waals surface area contributed by atoms with Crippen LogP contribution in [0.5, 0.6) is 0 Å². The van der Waals surface area contributed by atoms with E-state index >= 15 is 0 Å². The zero-order valence-electron chi connectivity index (χ0n) is 12.5. The lowest BCUT2D eigenvalue weighted by molar-refractivity contribution is -0.137. The van der Waals surface area contributed by atoms with Gasteiger partial charge in [-0.25, -0.2) is 0 Å². The predicted molar refractivity (Wildman–Crippen MR) is 76.0 cm³/mol. The van der Waals surface area contributed by atoms with Crippen LogP contribution in [0.1, 0.15) is 39.5 Å². The van der Waals surface area contributed by atoms with Gasteiger partial charge in [0.2, 0.25) is 5.91 Å². The number of hydrogen-bond donors (Lipinski definition) is 1. The molecule has 4 unspecified atom stereocenters. The number of rotatable bonds is 3. The third kappa shape index (κ3) is 3.69. The van der Waals surface area contributed by atoms with E-state index in [4.69, 9.17) is 4.74 Å². The summed E-state index contributed by atoms with van der Waals surface area (Å²) in [4.78, 5) is 14.4. The van der Waals surface area contributed by atoms with E-state index in [1.807, 2.05) is 4.90 Å². The number of piperidine rings is 2. The van der Waals surface area contributed by atoms with Crippen LogP contribution < -0.4 is 5.32 Å². The molecule has 0 aliphatic carbocycles. The molecule has 2 aliphatic rings. The van der Waals surface area contributed by atoms with Gasteiger partial charge in [-0.1, -0.05) is 13.8 Å². The minimum absolute atomic E-state index is 0.203. The molecule has 4 nitrogen and oxygen atoms in total. The SMILES string of the molecule is COC1CN(C(=O)CC2NCCCC2C)CCC1C. The third-order valence-corrected chi connectivity index (χ3v) is 4.87. The molecular formula is C15H28N2O2. The topological polar surface area (TPSA) is 41.6 Å². The fourth-order valence-corrected chi connectivity index (χ4v) is 3.27. The van der Waals surface area contributed by atoms with Crippen molar-refractivity contribution in [1.82, 2.24) is 10.2 Å². The first-order valence-corrected chi connectivity index (χ1v) is 7.65. The van der Waals surface area contributed by atoms with Crippen LogP contribution in [0.4, 0.5) is 0 Å². The molecule has 0 radical (unpaired) electrons. The Morgan fingerprint density at radius 1 is 1.32 bits per heavy atom. The second kappa shape index (κ2) is 6.71. The molecule has 0 spiro atoms. The molecule has 4 atom stereocenters. The third-order valence-electron chi connectivity index (χ3n) is 4.87. The monoisotopic (exact) mass is 268 g/mol. The van der Waals surface area contributed by atoms with Gasteiger partial charge in [-0.05, 0) is 37.6 Å². The molecule has 0 saturated carbocycles. The lowest BCUT2D eigenvalue weighted by Crippen LogP contribution is -2.49. The van der Waals surface area contributed by atoms with Gasteiger partial charge in [0.1, 0.15) is 0 Å². The molecule has 2 aliphatic heterocycles. The number of methoxy groups -OCH3 is 1. The highest BCUT2D eigenvalue weighted by molar-refractivity contribution is 5.77. The van der Waals surface area contributed by atoms with Crippen molar-refractivity contribution >= 4 is 5.91 Å². The summed E-state index contributed by atoms with van der Waals surface area (Å²) in [6.07, 6.45) is 4.38. The molecule has 110 valence electrons. The number of carbonyl (C=O) groups is 1. The standard InChI is InChI=1S/C15H28N2O2/c1-11-5-4-7-16-13(11)9-15(18)17-8-6-12(2)14(10-17)19-3/h11-14,16H,4-10H2,1-3H3. The van der Waals surface area contributed by atoms with Crippen molar-refractivity contribution in [2.75, 3.05) is 26.7 Å². The molecule has 0 aromatic heterocycles. The van der Waals surface area contributed by atoms with Gasteiger partial charge in [-0.3, -0.25) is 4.79 Å². The quantitative estimate of drug-likeness (QED) is 0.846. The van der Waals surface area contributed by atoms with Crippen LogP contribution in [0.2, 0.25) is 0 Å². The second-order valence-electron chi connectivity index (χ2n) is 6.26. The summed E-state index contributed by atoms with van der Waals surface area (Å²) in [5, 5.41) is 3.49. The summed E-state index contributed by atoms with van der Waals surface area (Å²) in [5.41, 5.74) is 0. The molecule has 2 rings (SSSR count). The summed E-state index contributed by atoms with van der Waals surface area (Å²) in [5.74, 6) is 1.46. The van der Waals surface area contributed by atoms with Gasteiger partial charge >= 0.3 is 0 Å². The van der Waals surface area contributed by atoms with E-state index in [9.17, 15) is 4.79 Å². The number of ether oxygens (including phenoxy) is 1. The number of hydrogen-bond acceptors (Lipinski definition) is 3. The van der Waals surface area contributed by atoms with E-state index in [-0.39, 0.29) is 6.10 Å². The Morgan fingerprint density at radius 2 is 2.11 bits per heavy atom. The predicted octanol–water partition coefficient (Wildman–Crippen LogP) is 1.65. The Labute approximate surface area is 116 Å². The molecule has 1 N–H and O–H groups in total. The van der Waals surface area contributed by atoms with Gasteiger partial charge in [-0.2, -0.15) is 0 Å². The van der Waals surface area contributed by atoms with Gasteiger partial charge in [0, 0.05) is 32.7 Å². The largest absolute Gasteiger partial charge is 0.379 e. The van der Waals surface area contributed by atoms with Crippen LogP contribution in [0.25, 0.3) is 0 Å². The zero-order chi connectivity index (χ0) is 13.8. The lowest BCUT2D eigenvalue weighted by Gasteiger charge is -2.38. The average Bonchev–Trinajstić information content (AvgIpc) is 2.42. The lowest BCUT2D eigenvalue weighted by atomic mass is 9.89. The Kier molecular flexibility index (Phi) is 5.22. The Hall–Kier alpha value is -0.610. The Balaban J connectivity index is 1.85. The molecule has 4 heteroatoms. The molecule has 2 heterocycles. The number of nitrogens with one attached hydrogen (secondary N) is 1.